The van der Waals surface area contributed by atoms with Crippen molar-refractivity contribution in [3.05, 3.63) is 0 Å². The molecule has 122 valence electrons. The van der Waals surface area contributed by atoms with Gasteiger partial charge < -0.3 is 5.11 Å². The minimum atomic E-state index is -3.51. The van der Waals surface area contributed by atoms with Gasteiger partial charge in [0.2, 0.25) is 0 Å². The first-order valence-electron chi connectivity index (χ1n) is 7.79. The molecule has 0 spiro atoms. The largest absolute Gasteiger partial charge is 0.481 e. The smallest absolute Gasteiger partial charge is 0.303 e. The number of carboxylic acid groups (broad SMARTS) is 1. The van der Waals surface area contributed by atoms with Crippen molar-refractivity contribution in [2.24, 2.45) is 5.41 Å². The molecule has 0 aromatic heterocycles. The lowest BCUT2D eigenvalue weighted by Gasteiger charge is -2.41. The molecule has 2 N–H and O–H groups in total. The highest BCUT2D eigenvalue weighted by atomic mass is 32.2. The van der Waals surface area contributed by atoms with Gasteiger partial charge in [0.25, 0.3) is 10.2 Å². The molecule has 2 aliphatic carbocycles. The van der Waals surface area contributed by atoms with Crippen molar-refractivity contribution in [1.82, 2.24) is 9.03 Å². The Labute approximate surface area is 127 Å². The second kappa shape index (κ2) is 6.62. The summed E-state index contributed by atoms with van der Waals surface area (Å²) in [6.45, 7) is 0.235. The second-order valence-electron chi connectivity index (χ2n) is 6.56. The van der Waals surface area contributed by atoms with Gasteiger partial charge in [0.05, 0.1) is 6.42 Å². The topological polar surface area (TPSA) is 86.7 Å². The Bertz CT molecular complexity index is 467. The summed E-state index contributed by atoms with van der Waals surface area (Å²) in [6, 6.07) is 0.0769. The summed E-state index contributed by atoms with van der Waals surface area (Å²) < 4.78 is 28.8. The fraction of sp³-hybridized carbons (Fsp3) is 0.929. The van der Waals surface area contributed by atoms with Crippen molar-refractivity contribution < 1.29 is 18.3 Å². The highest BCUT2D eigenvalue weighted by molar-refractivity contribution is 7.87. The molecular formula is C14H26N2O4S. The number of carbonyl (C=O) groups is 1. The molecule has 0 unspecified atom stereocenters. The first-order valence-corrected chi connectivity index (χ1v) is 9.23. The molecule has 0 aromatic carbocycles. The van der Waals surface area contributed by atoms with Crippen LogP contribution in [0.3, 0.4) is 0 Å². The van der Waals surface area contributed by atoms with E-state index in [1.54, 1.807) is 7.05 Å². The lowest BCUT2D eigenvalue weighted by atomic mass is 9.67. The van der Waals surface area contributed by atoms with Gasteiger partial charge in [-0.15, -0.1) is 0 Å². The van der Waals surface area contributed by atoms with E-state index < -0.39 is 16.2 Å². The Morgan fingerprint density at radius 1 is 1.24 bits per heavy atom. The van der Waals surface area contributed by atoms with Crippen LogP contribution in [0.2, 0.25) is 0 Å². The third-order valence-corrected chi connectivity index (χ3v) is 6.60. The van der Waals surface area contributed by atoms with E-state index in [4.69, 9.17) is 5.11 Å². The van der Waals surface area contributed by atoms with Gasteiger partial charge >= 0.3 is 5.97 Å². The van der Waals surface area contributed by atoms with Crippen LogP contribution < -0.4 is 4.72 Å². The van der Waals surface area contributed by atoms with Crippen molar-refractivity contribution in [2.75, 3.05) is 13.6 Å². The summed E-state index contributed by atoms with van der Waals surface area (Å²) in [6.07, 6.45) is 7.76. The molecule has 0 saturated heterocycles. The molecule has 0 radical (unpaired) electrons. The maximum Gasteiger partial charge on any atom is 0.303 e. The van der Waals surface area contributed by atoms with Crippen molar-refractivity contribution in [3.8, 4) is 0 Å². The molecule has 0 aliphatic heterocycles. The minimum absolute atomic E-state index is 0.0443. The van der Waals surface area contributed by atoms with E-state index in [2.05, 4.69) is 4.72 Å². The van der Waals surface area contributed by atoms with Crippen molar-refractivity contribution in [3.63, 3.8) is 0 Å². The predicted octanol–water partition coefficient (Wildman–Crippen LogP) is 1.73. The highest BCUT2D eigenvalue weighted by Gasteiger charge is 2.40. The summed E-state index contributed by atoms with van der Waals surface area (Å²) in [7, 11) is -1.89. The van der Waals surface area contributed by atoms with Gasteiger partial charge in [-0.05, 0) is 31.1 Å². The number of hydrogen-bond acceptors (Lipinski definition) is 3. The molecule has 0 amide bonds. The summed E-state index contributed by atoms with van der Waals surface area (Å²) in [5.74, 6) is -0.852. The third kappa shape index (κ3) is 4.17. The van der Waals surface area contributed by atoms with Crippen LogP contribution in [0.25, 0.3) is 0 Å². The van der Waals surface area contributed by atoms with Gasteiger partial charge in [-0.3, -0.25) is 4.79 Å². The number of rotatable bonds is 7. The van der Waals surface area contributed by atoms with Crippen LogP contribution in [-0.4, -0.2) is 43.4 Å². The third-order valence-electron chi connectivity index (χ3n) is 5.04. The second-order valence-corrected chi connectivity index (χ2v) is 8.37. The van der Waals surface area contributed by atoms with Gasteiger partial charge in [0.1, 0.15) is 0 Å². The number of hydrogen-bond donors (Lipinski definition) is 2. The maximum atomic E-state index is 12.4. The van der Waals surface area contributed by atoms with Crippen LogP contribution >= 0.6 is 0 Å². The molecule has 7 heteroatoms. The Hall–Kier alpha value is -0.660. The summed E-state index contributed by atoms with van der Waals surface area (Å²) in [5, 5.41) is 8.97. The Kier molecular flexibility index (Phi) is 5.27. The Morgan fingerprint density at radius 3 is 2.33 bits per heavy atom. The molecule has 0 aromatic rings. The molecule has 0 heterocycles. The normalized spacial score (nSPS) is 23.0. The molecule has 2 saturated carbocycles. The fourth-order valence-corrected chi connectivity index (χ4v) is 4.70. The fourth-order valence-electron chi connectivity index (χ4n) is 3.40. The zero-order valence-corrected chi connectivity index (χ0v) is 13.5. The lowest BCUT2D eigenvalue weighted by Crippen LogP contribution is -2.50. The molecule has 0 bridgehead atoms. The van der Waals surface area contributed by atoms with Gasteiger partial charge in [0.15, 0.2) is 0 Å². The minimum Gasteiger partial charge on any atom is -0.481 e. The van der Waals surface area contributed by atoms with E-state index in [1.807, 2.05) is 0 Å². The van der Waals surface area contributed by atoms with E-state index in [0.29, 0.717) is 0 Å². The SMILES string of the molecule is CN(C1CCCCC1)S(=O)(=O)NCC1(CC(=O)O)CCC1. The number of nitrogens with one attached hydrogen (secondary N) is 1. The van der Waals surface area contributed by atoms with Crippen LogP contribution in [-0.2, 0) is 15.0 Å². The van der Waals surface area contributed by atoms with Crippen LogP contribution in [0.15, 0.2) is 0 Å². The molecule has 6 nitrogen and oxygen atoms in total. The van der Waals surface area contributed by atoms with Gasteiger partial charge in [0, 0.05) is 19.6 Å². The summed E-state index contributed by atoms with van der Waals surface area (Å²) in [4.78, 5) is 10.9. The van der Waals surface area contributed by atoms with Gasteiger partial charge in [-0.25, -0.2) is 4.72 Å². The van der Waals surface area contributed by atoms with Crippen LogP contribution in [0.1, 0.15) is 57.8 Å². The summed E-state index contributed by atoms with van der Waals surface area (Å²) in [5.41, 5.74) is -0.383. The molecular weight excluding hydrogens is 292 g/mol. The summed E-state index contributed by atoms with van der Waals surface area (Å²) >= 11 is 0. The zero-order chi connectivity index (χ0) is 15.5. The molecule has 21 heavy (non-hydrogen) atoms. The monoisotopic (exact) mass is 318 g/mol. The van der Waals surface area contributed by atoms with E-state index in [-0.39, 0.29) is 24.4 Å². The molecule has 2 fully saturated rings. The number of carboxylic acids is 1. The molecule has 0 atom stereocenters. The van der Waals surface area contributed by atoms with E-state index in [9.17, 15) is 13.2 Å². The molecule has 2 aliphatic rings. The average Bonchev–Trinajstić information content (AvgIpc) is 2.41. The first kappa shape index (κ1) is 16.7. The van der Waals surface area contributed by atoms with E-state index >= 15 is 0 Å². The predicted molar refractivity (Wildman–Crippen MR) is 80.1 cm³/mol. The van der Waals surface area contributed by atoms with Gasteiger partial charge in [-0.1, -0.05) is 25.7 Å². The number of nitrogens with zero attached hydrogens (tertiary/aromatic N) is 1. The standard InChI is InChI=1S/C14H26N2O4S/c1-16(12-6-3-2-4-7-12)21(19,20)15-11-14(8-5-9-14)10-13(17)18/h12,15H,2-11H2,1H3,(H,17,18). The van der Waals surface area contributed by atoms with E-state index in [0.717, 1.165) is 44.9 Å². The van der Waals surface area contributed by atoms with Crippen LogP contribution in [0, 0.1) is 5.41 Å². The Balaban J connectivity index is 1.92. The lowest BCUT2D eigenvalue weighted by molar-refractivity contribution is -0.141. The van der Waals surface area contributed by atoms with Crippen molar-refractivity contribution >= 4 is 16.2 Å². The number of aliphatic carboxylic acids is 1. The van der Waals surface area contributed by atoms with E-state index in [1.165, 1.54) is 10.7 Å². The maximum absolute atomic E-state index is 12.4. The van der Waals surface area contributed by atoms with Gasteiger partial charge in [-0.2, -0.15) is 12.7 Å². The van der Waals surface area contributed by atoms with Crippen LogP contribution in [0.4, 0.5) is 0 Å². The highest BCUT2D eigenvalue weighted by Crippen LogP contribution is 2.43. The zero-order valence-electron chi connectivity index (χ0n) is 12.7. The van der Waals surface area contributed by atoms with Crippen molar-refractivity contribution in [2.45, 2.75) is 63.8 Å². The van der Waals surface area contributed by atoms with Crippen LogP contribution in [0.5, 0.6) is 0 Å². The average molecular weight is 318 g/mol. The van der Waals surface area contributed by atoms with Crippen molar-refractivity contribution in [1.29, 1.82) is 0 Å². The molecule has 2 rings (SSSR count). The first-order chi connectivity index (χ1) is 9.85. The quantitative estimate of drug-likeness (QED) is 0.748. The Morgan fingerprint density at radius 2 is 1.86 bits per heavy atom.